The molecular formula is C9H11N3O3. The molecule has 6 heteroatoms. The van der Waals surface area contributed by atoms with E-state index in [1.165, 1.54) is 18.3 Å². The van der Waals surface area contributed by atoms with Crippen molar-refractivity contribution < 1.29 is 9.53 Å². The van der Waals surface area contributed by atoms with Crippen LogP contribution in [0.3, 0.4) is 0 Å². The van der Waals surface area contributed by atoms with Crippen molar-refractivity contribution in [1.29, 1.82) is 0 Å². The number of methoxy groups -OCH3 is 1. The second-order valence-electron chi connectivity index (χ2n) is 3.30. The summed E-state index contributed by atoms with van der Waals surface area (Å²) in [6.07, 6.45) is 1.56. The highest BCUT2D eigenvalue weighted by Gasteiger charge is 2.23. The SMILES string of the molecule is COC(=O)N1CCc2nc[nH]c(=O)c2C1. The van der Waals surface area contributed by atoms with E-state index in [1.807, 2.05) is 0 Å². The van der Waals surface area contributed by atoms with Gasteiger partial charge in [0.1, 0.15) is 0 Å². The highest BCUT2D eigenvalue weighted by Crippen LogP contribution is 2.13. The summed E-state index contributed by atoms with van der Waals surface area (Å²) in [5.41, 5.74) is 1.13. The minimum Gasteiger partial charge on any atom is -0.453 e. The number of H-pyrrole nitrogens is 1. The molecular weight excluding hydrogens is 198 g/mol. The summed E-state index contributed by atoms with van der Waals surface area (Å²) in [6.45, 7) is 0.807. The van der Waals surface area contributed by atoms with Crippen LogP contribution in [-0.4, -0.2) is 34.6 Å². The molecule has 1 aromatic rings. The third-order valence-corrected chi connectivity index (χ3v) is 2.44. The van der Waals surface area contributed by atoms with Crippen molar-refractivity contribution in [3.63, 3.8) is 0 Å². The Balaban J connectivity index is 2.30. The minimum atomic E-state index is -0.413. The quantitative estimate of drug-likeness (QED) is 0.647. The predicted octanol–water partition coefficient (Wildman–Crippen LogP) is -0.106. The topological polar surface area (TPSA) is 75.3 Å². The van der Waals surface area contributed by atoms with Crippen LogP contribution in [0.4, 0.5) is 4.79 Å². The first-order chi connectivity index (χ1) is 7.22. The number of aromatic amines is 1. The largest absolute Gasteiger partial charge is 0.453 e. The zero-order chi connectivity index (χ0) is 10.8. The molecule has 80 valence electrons. The van der Waals surface area contributed by atoms with Crippen LogP contribution in [0.1, 0.15) is 11.3 Å². The lowest BCUT2D eigenvalue weighted by Crippen LogP contribution is -2.39. The summed E-state index contributed by atoms with van der Waals surface area (Å²) in [5, 5.41) is 0. The molecule has 0 fully saturated rings. The van der Waals surface area contributed by atoms with Crippen LogP contribution in [0.5, 0.6) is 0 Å². The number of aromatic nitrogens is 2. The number of fused-ring (bicyclic) bond motifs is 1. The van der Waals surface area contributed by atoms with Gasteiger partial charge < -0.3 is 14.6 Å². The summed E-state index contributed by atoms with van der Waals surface area (Å²) < 4.78 is 4.60. The van der Waals surface area contributed by atoms with Crippen LogP contribution in [0.25, 0.3) is 0 Å². The van der Waals surface area contributed by atoms with Crippen molar-refractivity contribution in [2.45, 2.75) is 13.0 Å². The van der Waals surface area contributed by atoms with Gasteiger partial charge in [-0.3, -0.25) is 4.79 Å². The summed E-state index contributed by atoms with van der Waals surface area (Å²) in [6, 6.07) is 0. The Kier molecular flexibility index (Phi) is 2.40. The Labute approximate surface area is 85.9 Å². The smallest absolute Gasteiger partial charge is 0.409 e. The van der Waals surface area contributed by atoms with E-state index in [0.29, 0.717) is 18.5 Å². The van der Waals surface area contributed by atoms with E-state index in [9.17, 15) is 9.59 Å². The van der Waals surface area contributed by atoms with Crippen molar-refractivity contribution >= 4 is 6.09 Å². The van der Waals surface area contributed by atoms with Gasteiger partial charge in [-0.15, -0.1) is 0 Å². The van der Waals surface area contributed by atoms with Crippen molar-refractivity contribution in [1.82, 2.24) is 14.9 Å². The van der Waals surface area contributed by atoms with Crippen molar-refractivity contribution in [3.8, 4) is 0 Å². The summed E-state index contributed by atoms with van der Waals surface area (Å²) >= 11 is 0. The van der Waals surface area contributed by atoms with Gasteiger partial charge in [0.15, 0.2) is 0 Å². The third-order valence-electron chi connectivity index (χ3n) is 2.44. The number of hydrogen-bond acceptors (Lipinski definition) is 4. The highest BCUT2D eigenvalue weighted by atomic mass is 16.5. The Bertz CT molecular complexity index is 440. The predicted molar refractivity (Wildman–Crippen MR) is 51.4 cm³/mol. The molecule has 0 unspecified atom stereocenters. The van der Waals surface area contributed by atoms with E-state index >= 15 is 0 Å². The van der Waals surface area contributed by atoms with Gasteiger partial charge in [-0.25, -0.2) is 9.78 Å². The standard InChI is InChI=1S/C9H11N3O3/c1-15-9(14)12-3-2-7-6(4-12)8(13)11-5-10-7/h5H,2-4H2,1H3,(H,10,11,13). The number of ether oxygens (including phenoxy) is 1. The van der Waals surface area contributed by atoms with E-state index in [0.717, 1.165) is 5.69 Å². The van der Waals surface area contributed by atoms with Gasteiger partial charge in [0.2, 0.25) is 0 Å². The Morgan fingerprint density at radius 3 is 3.20 bits per heavy atom. The second kappa shape index (κ2) is 3.72. The Morgan fingerprint density at radius 1 is 1.67 bits per heavy atom. The highest BCUT2D eigenvalue weighted by molar-refractivity contribution is 5.67. The Hall–Kier alpha value is -1.85. The molecule has 2 heterocycles. The van der Waals surface area contributed by atoms with E-state index in [-0.39, 0.29) is 12.1 Å². The first-order valence-corrected chi connectivity index (χ1v) is 4.60. The molecule has 0 radical (unpaired) electrons. The van der Waals surface area contributed by atoms with E-state index in [1.54, 1.807) is 0 Å². The summed E-state index contributed by atoms with van der Waals surface area (Å²) in [4.78, 5) is 30.7. The number of nitrogens with one attached hydrogen (secondary N) is 1. The third kappa shape index (κ3) is 1.70. The lowest BCUT2D eigenvalue weighted by Gasteiger charge is -2.25. The van der Waals surface area contributed by atoms with Gasteiger partial charge in [0.05, 0.1) is 31.2 Å². The number of rotatable bonds is 0. The maximum atomic E-state index is 11.4. The molecule has 0 aliphatic carbocycles. The number of carbonyl (C=O) groups excluding carboxylic acids is 1. The molecule has 0 saturated heterocycles. The van der Waals surface area contributed by atoms with Crippen LogP contribution in [-0.2, 0) is 17.7 Å². The zero-order valence-corrected chi connectivity index (χ0v) is 8.32. The molecule has 6 nitrogen and oxygen atoms in total. The van der Waals surface area contributed by atoms with Crippen molar-refractivity contribution in [2.24, 2.45) is 0 Å². The van der Waals surface area contributed by atoms with E-state index in [2.05, 4.69) is 14.7 Å². The first kappa shape index (κ1) is 9.70. The zero-order valence-electron chi connectivity index (χ0n) is 8.32. The first-order valence-electron chi connectivity index (χ1n) is 4.60. The summed E-state index contributed by atoms with van der Waals surface area (Å²) in [7, 11) is 1.32. The molecule has 2 rings (SSSR count). The van der Waals surface area contributed by atoms with Crippen LogP contribution < -0.4 is 5.56 Å². The van der Waals surface area contributed by atoms with Gasteiger partial charge in [0, 0.05) is 13.0 Å². The second-order valence-corrected chi connectivity index (χ2v) is 3.30. The lowest BCUT2D eigenvalue weighted by atomic mass is 10.1. The fourth-order valence-corrected chi connectivity index (χ4v) is 1.64. The van der Waals surface area contributed by atoms with Gasteiger partial charge in [-0.05, 0) is 0 Å². The molecule has 0 spiro atoms. The number of hydrogen-bond donors (Lipinski definition) is 1. The molecule has 1 aliphatic rings. The monoisotopic (exact) mass is 209 g/mol. The van der Waals surface area contributed by atoms with E-state index in [4.69, 9.17) is 0 Å². The molecule has 0 saturated carbocycles. The van der Waals surface area contributed by atoms with Crippen LogP contribution >= 0.6 is 0 Å². The lowest BCUT2D eigenvalue weighted by molar-refractivity contribution is 0.118. The molecule has 1 amide bonds. The summed E-state index contributed by atoms with van der Waals surface area (Å²) in [5.74, 6) is 0. The number of carbonyl (C=O) groups is 1. The average molecular weight is 209 g/mol. The molecule has 1 N–H and O–H groups in total. The molecule has 1 aromatic heterocycles. The number of nitrogens with zero attached hydrogens (tertiary/aromatic N) is 2. The molecule has 0 bridgehead atoms. The van der Waals surface area contributed by atoms with Gasteiger partial charge in [0.25, 0.3) is 5.56 Å². The van der Waals surface area contributed by atoms with Gasteiger partial charge in [-0.1, -0.05) is 0 Å². The van der Waals surface area contributed by atoms with Crippen molar-refractivity contribution in [2.75, 3.05) is 13.7 Å². The van der Waals surface area contributed by atoms with Gasteiger partial charge in [-0.2, -0.15) is 0 Å². The van der Waals surface area contributed by atoms with Crippen LogP contribution in [0.15, 0.2) is 11.1 Å². The van der Waals surface area contributed by atoms with Crippen molar-refractivity contribution in [3.05, 3.63) is 27.9 Å². The number of amides is 1. The van der Waals surface area contributed by atoms with Crippen LogP contribution in [0, 0.1) is 0 Å². The normalized spacial score (nSPS) is 14.6. The molecule has 0 aromatic carbocycles. The van der Waals surface area contributed by atoms with Gasteiger partial charge >= 0.3 is 6.09 Å². The Morgan fingerprint density at radius 2 is 2.47 bits per heavy atom. The fraction of sp³-hybridized carbons (Fsp3) is 0.444. The van der Waals surface area contributed by atoms with E-state index < -0.39 is 6.09 Å². The molecule has 15 heavy (non-hydrogen) atoms. The maximum Gasteiger partial charge on any atom is 0.409 e. The average Bonchev–Trinajstić information content (AvgIpc) is 2.28. The molecule has 1 aliphatic heterocycles. The maximum absolute atomic E-state index is 11.4. The molecule has 0 atom stereocenters. The van der Waals surface area contributed by atoms with Crippen LogP contribution in [0.2, 0.25) is 0 Å². The minimum absolute atomic E-state index is 0.186. The fourth-order valence-electron chi connectivity index (χ4n) is 1.64.